The third-order valence-corrected chi connectivity index (χ3v) is 3.73. The Morgan fingerprint density at radius 1 is 1.29 bits per heavy atom. The number of halogens is 2. The topological polar surface area (TPSA) is 38.9 Å². The second-order valence-corrected chi connectivity index (χ2v) is 5.63. The number of thioether (sulfide) groups is 1. The Kier molecular flexibility index (Phi) is 4.88. The molecule has 0 unspecified atom stereocenters. The molecule has 0 amide bonds. The van der Waals surface area contributed by atoms with Gasteiger partial charge in [0.15, 0.2) is 5.82 Å². The van der Waals surface area contributed by atoms with Crippen molar-refractivity contribution in [1.29, 1.82) is 0 Å². The Hall–Kier alpha value is -0.520. The van der Waals surface area contributed by atoms with Crippen LogP contribution in [0.5, 0.6) is 0 Å². The van der Waals surface area contributed by atoms with Gasteiger partial charge in [0.25, 0.3) is 0 Å². The van der Waals surface area contributed by atoms with Gasteiger partial charge >= 0.3 is 0 Å². The normalized spacial score (nSPS) is 10.7. The van der Waals surface area contributed by atoms with E-state index >= 15 is 0 Å². The van der Waals surface area contributed by atoms with Gasteiger partial charge in [-0.1, -0.05) is 21.1 Å². The first-order chi connectivity index (χ1) is 8.28. The lowest BCUT2D eigenvalue weighted by Gasteiger charge is -1.97. The maximum atomic E-state index is 5.60. The summed E-state index contributed by atoms with van der Waals surface area (Å²) in [5.74, 6) is 2.51. The monoisotopic (exact) mass is 332 g/mol. The van der Waals surface area contributed by atoms with Gasteiger partial charge < -0.3 is 4.52 Å². The summed E-state index contributed by atoms with van der Waals surface area (Å²) in [4.78, 5) is 5.42. The molecule has 1 aromatic heterocycles. The molecule has 1 aromatic carbocycles. The van der Waals surface area contributed by atoms with Crippen molar-refractivity contribution in [3.05, 3.63) is 40.5 Å². The van der Waals surface area contributed by atoms with Crippen LogP contribution in [-0.4, -0.2) is 16.0 Å². The van der Waals surface area contributed by atoms with E-state index in [4.69, 9.17) is 16.1 Å². The standard InChI is InChI=1S/C11H10BrClN2OS/c12-8-1-3-9(4-2-8)17-7-10-14-11(5-6-13)16-15-10/h1-4H,5-7H2. The zero-order valence-electron chi connectivity index (χ0n) is 8.90. The van der Waals surface area contributed by atoms with E-state index < -0.39 is 0 Å². The van der Waals surface area contributed by atoms with Crippen molar-refractivity contribution < 1.29 is 4.52 Å². The van der Waals surface area contributed by atoms with Crippen LogP contribution in [0, 0.1) is 0 Å². The maximum absolute atomic E-state index is 5.60. The quantitative estimate of drug-likeness (QED) is 0.614. The molecular formula is C11H10BrClN2OS. The molecular weight excluding hydrogens is 324 g/mol. The second-order valence-electron chi connectivity index (χ2n) is 3.29. The zero-order valence-corrected chi connectivity index (χ0v) is 12.1. The van der Waals surface area contributed by atoms with Gasteiger partial charge in [0.1, 0.15) is 0 Å². The molecule has 0 aliphatic rings. The summed E-state index contributed by atoms with van der Waals surface area (Å²) in [7, 11) is 0. The SMILES string of the molecule is ClCCc1nc(CSc2ccc(Br)cc2)no1. The van der Waals surface area contributed by atoms with Crippen molar-refractivity contribution in [2.45, 2.75) is 17.1 Å². The van der Waals surface area contributed by atoms with Crippen molar-refractivity contribution in [3.8, 4) is 0 Å². The molecule has 0 aliphatic carbocycles. The van der Waals surface area contributed by atoms with Gasteiger partial charge in [0.05, 0.1) is 5.75 Å². The molecule has 2 rings (SSSR count). The van der Waals surface area contributed by atoms with Crippen molar-refractivity contribution in [3.63, 3.8) is 0 Å². The predicted octanol–water partition coefficient (Wildman–Crippen LogP) is 3.91. The Labute approximate surface area is 117 Å². The molecule has 0 bridgehead atoms. The van der Waals surface area contributed by atoms with Gasteiger partial charge in [-0.3, -0.25) is 0 Å². The van der Waals surface area contributed by atoms with Gasteiger partial charge in [-0.2, -0.15) is 4.98 Å². The van der Waals surface area contributed by atoms with Crippen LogP contribution in [0.2, 0.25) is 0 Å². The van der Waals surface area contributed by atoms with E-state index in [1.165, 1.54) is 4.90 Å². The van der Waals surface area contributed by atoms with Crippen LogP contribution in [0.15, 0.2) is 38.2 Å². The van der Waals surface area contributed by atoms with Crippen LogP contribution in [0.25, 0.3) is 0 Å². The number of hydrogen-bond donors (Lipinski definition) is 0. The summed E-state index contributed by atoms with van der Waals surface area (Å²) in [6, 6.07) is 8.12. The van der Waals surface area contributed by atoms with Crippen molar-refractivity contribution in [1.82, 2.24) is 10.1 Å². The molecule has 0 radical (unpaired) electrons. The minimum Gasteiger partial charge on any atom is -0.339 e. The summed E-state index contributed by atoms with van der Waals surface area (Å²) in [5, 5.41) is 3.89. The molecule has 0 aliphatic heterocycles. The fourth-order valence-electron chi connectivity index (χ4n) is 1.21. The van der Waals surface area contributed by atoms with E-state index in [0.29, 0.717) is 29.8 Å². The summed E-state index contributed by atoms with van der Waals surface area (Å²) in [6.45, 7) is 0. The summed E-state index contributed by atoms with van der Waals surface area (Å²) in [5.41, 5.74) is 0. The third kappa shape index (κ3) is 4.01. The third-order valence-electron chi connectivity index (χ3n) is 2.00. The van der Waals surface area contributed by atoms with Gasteiger partial charge in [-0.15, -0.1) is 23.4 Å². The average molecular weight is 334 g/mol. The second kappa shape index (κ2) is 6.42. The number of aryl methyl sites for hydroxylation is 1. The smallest absolute Gasteiger partial charge is 0.227 e. The molecule has 2 aromatic rings. The lowest BCUT2D eigenvalue weighted by Crippen LogP contribution is -1.87. The van der Waals surface area contributed by atoms with Crippen LogP contribution >= 0.6 is 39.3 Å². The number of aromatic nitrogens is 2. The van der Waals surface area contributed by atoms with E-state index in [2.05, 4.69) is 38.2 Å². The Morgan fingerprint density at radius 2 is 2.06 bits per heavy atom. The molecule has 90 valence electrons. The summed E-state index contributed by atoms with van der Waals surface area (Å²) in [6.07, 6.45) is 0.623. The first kappa shape index (κ1) is 12.9. The molecule has 0 saturated heterocycles. The van der Waals surface area contributed by atoms with Crippen LogP contribution in [0.4, 0.5) is 0 Å². The average Bonchev–Trinajstić information content (AvgIpc) is 2.77. The lowest BCUT2D eigenvalue weighted by molar-refractivity contribution is 0.378. The molecule has 0 N–H and O–H groups in total. The first-order valence-corrected chi connectivity index (χ1v) is 7.35. The molecule has 0 atom stereocenters. The van der Waals surface area contributed by atoms with Crippen molar-refractivity contribution in [2.24, 2.45) is 0 Å². The van der Waals surface area contributed by atoms with Gasteiger partial charge in [0.2, 0.25) is 5.89 Å². The first-order valence-electron chi connectivity index (χ1n) is 5.04. The van der Waals surface area contributed by atoms with Crippen LogP contribution in [-0.2, 0) is 12.2 Å². The molecule has 17 heavy (non-hydrogen) atoms. The fraction of sp³-hybridized carbons (Fsp3) is 0.273. The molecule has 0 fully saturated rings. The van der Waals surface area contributed by atoms with Crippen LogP contribution < -0.4 is 0 Å². The number of nitrogens with zero attached hydrogens (tertiary/aromatic N) is 2. The van der Waals surface area contributed by atoms with E-state index in [9.17, 15) is 0 Å². The Balaban J connectivity index is 1.90. The zero-order chi connectivity index (χ0) is 12.1. The molecule has 0 saturated carbocycles. The minimum absolute atomic E-state index is 0.501. The highest BCUT2D eigenvalue weighted by atomic mass is 79.9. The molecule has 1 heterocycles. The molecule has 6 heteroatoms. The van der Waals surface area contributed by atoms with Crippen molar-refractivity contribution in [2.75, 3.05) is 5.88 Å². The Bertz CT molecular complexity index is 475. The summed E-state index contributed by atoms with van der Waals surface area (Å²) < 4.78 is 6.12. The van der Waals surface area contributed by atoms with Gasteiger partial charge in [0, 0.05) is 21.7 Å². The largest absolute Gasteiger partial charge is 0.339 e. The highest BCUT2D eigenvalue weighted by Crippen LogP contribution is 2.23. The van der Waals surface area contributed by atoms with E-state index in [0.717, 1.165) is 4.47 Å². The van der Waals surface area contributed by atoms with Gasteiger partial charge in [-0.05, 0) is 24.3 Å². The molecule has 3 nitrogen and oxygen atoms in total. The Morgan fingerprint density at radius 3 is 2.76 bits per heavy atom. The van der Waals surface area contributed by atoms with Gasteiger partial charge in [-0.25, -0.2) is 0 Å². The minimum atomic E-state index is 0.501. The van der Waals surface area contributed by atoms with E-state index in [1.807, 2.05) is 12.1 Å². The number of rotatable bonds is 5. The highest BCUT2D eigenvalue weighted by Gasteiger charge is 2.06. The highest BCUT2D eigenvalue weighted by molar-refractivity contribution is 9.10. The van der Waals surface area contributed by atoms with Crippen LogP contribution in [0.3, 0.4) is 0 Å². The maximum Gasteiger partial charge on any atom is 0.227 e. The fourth-order valence-corrected chi connectivity index (χ4v) is 2.38. The van der Waals surface area contributed by atoms with Crippen molar-refractivity contribution >= 4 is 39.3 Å². The number of benzene rings is 1. The lowest BCUT2D eigenvalue weighted by atomic mass is 10.4. The van der Waals surface area contributed by atoms with E-state index in [1.54, 1.807) is 11.8 Å². The summed E-state index contributed by atoms with van der Waals surface area (Å²) >= 11 is 10.7. The predicted molar refractivity (Wildman–Crippen MR) is 72.4 cm³/mol. The van der Waals surface area contributed by atoms with Crippen LogP contribution in [0.1, 0.15) is 11.7 Å². The number of alkyl halides is 1. The number of hydrogen-bond acceptors (Lipinski definition) is 4. The van der Waals surface area contributed by atoms with E-state index in [-0.39, 0.29) is 0 Å². The molecule has 0 spiro atoms.